The fourth-order valence-electron chi connectivity index (χ4n) is 3.83. The van der Waals surface area contributed by atoms with E-state index in [2.05, 4.69) is 34.8 Å². The van der Waals surface area contributed by atoms with Crippen molar-refractivity contribution in [3.63, 3.8) is 0 Å². The van der Waals surface area contributed by atoms with E-state index in [0.717, 1.165) is 28.9 Å². The van der Waals surface area contributed by atoms with Gasteiger partial charge >= 0.3 is 0 Å². The van der Waals surface area contributed by atoms with Gasteiger partial charge in [-0.15, -0.1) is 0 Å². The largest absolute Gasteiger partial charge is 0.497 e. The summed E-state index contributed by atoms with van der Waals surface area (Å²) in [5.41, 5.74) is 5.63. The molecule has 1 atom stereocenters. The second-order valence-corrected chi connectivity index (χ2v) is 6.97. The lowest BCUT2D eigenvalue weighted by Gasteiger charge is -2.18. The Hall–Kier alpha value is -3.40. The van der Waals surface area contributed by atoms with Crippen LogP contribution in [0.3, 0.4) is 0 Å². The molecule has 140 valence electrons. The van der Waals surface area contributed by atoms with E-state index >= 15 is 0 Å². The minimum atomic E-state index is -0.280. The summed E-state index contributed by atoms with van der Waals surface area (Å²) < 4.78 is 5.21. The van der Waals surface area contributed by atoms with Gasteiger partial charge < -0.3 is 4.74 Å². The molecule has 0 spiro atoms. The molecule has 0 aromatic heterocycles. The van der Waals surface area contributed by atoms with E-state index in [1.54, 1.807) is 13.3 Å². The van der Waals surface area contributed by atoms with E-state index in [0.29, 0.717) is 0 Å². The number of amides is 1. The van der Waals surface area contributed by atoms with Crippen LogP contribution in [-0.4, -0.2) is 19.2 Å². The van der Waals surface area contributed by atoms with Crippen molar-refractivity contribution >= 4 is 12.1 Å². The van der Waals surface area contributed by atoms with Gasteiger partial charge in [0.05, 0.1) is 19.2 Å². The summed E-state index contributed by atoms with van der Waals surface area (Å²) >= 11 is 0. The summed E-state index contributed by atoms with van der Waals surface area (Å²) in [5, 5.41) is 4.15. The van der Waals surface area contributed by atoms with Crippen LogP contribution in [0.2, 0.25) is 0 Å². The maximum Gasteiger partial charge on any atom is 0.244 e. The van der Waals surface area contributed by atoms with Crippen molar-refractivity contribution in [1.82, 2.24) is 5.43 Å². The number of benzene rings is 3. The Bertz CT molecular complexity index is 944. The number of ether oxygens (including phenoxy) is 1. The molecule has 0 aliphatic heterocycles. The molecule has 0 heterocycles. The molecule has 1 N–H and O–H groups in total. The minimum absolute atomic E-state index is 0.0631. The molecule has 4 heteroatoms. The SMILES string of the molecule is COc1cccc(/C=N\NC(=O)C2CC2(c2ccccc2)c2ccccc2)c1. The number of hydrogen-bond acceptors (Lipinski definition) is 3. The van der Waals surface area contributed by atoms with Crippen LogP contribution in [0.15, 0.2) is 90.0 Å². The zero-order valence-corrected chi connectivity index (χ0v) is 15.7. The summed E-state index contributed by atoms with van der Waals surface area (Å²) in [6.07, 6.45) is 2.41. The van der Waals surface area contributed by atoms with Crippen LogP contribution < -0.4 is 10.2 Å². The molecule has 0 radical (unpaired) electrons. The van der Waals surface area contributed by atoms with E-state index in [-0.39, 0.29) is 17.2 Å². The molecular formula is C24H22N2O2. The highest BCUT2D eigenvalue weighted by atomic mass is 16.5. The van der Waals surface area contributed by atoms with Gasteiger partial charge in [0.15, 0.2) is 0 Å². The van der Waals surface area contributed by atoms with Crippen molar-refractivity contribution in [3.05, 3.63) is 102 Å². The molecule has 4 rings (SSSR count). The highest BCUT2D eigenvalue weighted by Crippen LogP contribution is 2.58. The number of nitrogens with zero attached hydrogens (tertiary/aromatic N) is 1. The molecular weight excluding hydrogens is 348 g/mol. The van der Waals surface area contributed by atoms with Crippen LogP contribution in [0.25, 0.3) is 0 Å². The van der Waals surface area contributed by atoms with Gasteiger partial charge in [-0.3, -0.25) is 4.79 Å². The van der Waals surface area contributed by atoms with Gasteiger partial charge in [0, 0.05) is 5.41 Å². The third-order valence-electron chi connectivity index (χ3n) is 5.34. The highest BCUT2D eigenvalue weighted by molar-refractivity contribution is 5.87. The molecule has 0 saturated heterocycles. The van der Waals surface area contributed by atoms with Gasteiger partial charge in [0.2, 0.25) is 5.91 Å². The number of hydrazone groups is 1. The van der Waals surface area contributed by atoms with Crippen LogP contribution in [0.5, 0.6) is 5.75 Å². The predicted molar refractivity (Wildman–Crippen MR) is 111 cm³/mol. The van der Waals surface area contributed by atoms with Gasteiger partial charge in [0.25, 0.3) is 0 Å². The Labute approximate surface area is 164 Å². The molecule has 1 aliphatic rings. The number of nitrogens with one attached hydrogen (secondary N) is 1. The van der Waals surface area contributed by atoms with Crippen LogP contribution in [0, 0.1) is 5.92 Å². The van der Waals surface area contributed by atoms with Crippen molar-refractivity contribution in [3.8, 4) is 5.75 Å². The fraction of sp³-hybridized carbons (Fsp3) is 0.167. The molecule has 1 saturated carbocycles. The molecule has 1 aliphatic carbocycles. The number of carbonyl (C=O) groups excluding carboxylic acids is 1. The Kier molecular flexibility index (Phi) is 4.94. The molecule has 3 aromatic rings. The highest BCUT2D eigenvalue weighted by Gasteiger charge is 2.60. The first kappa shape index (κ1) is 18.0. The average Bonchev–Trinajstić information content (AvgIpc) is 3.52. The number of rotatable bonds is 6. The second-order valence-electron chi connectivity index (χ2n) is 6.97. The normalized spacial score (nSPS) is 17.2. The Balaban J connectivity index is 1.52. The van der Waals surface area contributed by atoms with Gasteiger partial charge in [0.1, 0.15) is 5.75 Å². The standard InChI is InChI=1S/C24H22N2O2/c1-28-21-14-8-9-18(15-21)17-25-26-23(27)22-16-24(22,19-10-4-2-5-11-19)20-12-6-3-7-13-20/h2-15,17,22H,16H2,1H3,(H,26,27)/b25-17-. The van der Waals surface area contributed by atoms with Crippen LogP contribution in [0.1, 0.15) is 23.1 Å². The summed E-state index contributed by atoms with van der Waals surface area (Å²) in [7, 11) is 1.62. The van der Waals surface area contributed by atoms with Gasteiger partial charge in [-0.05, 0) is 35.2 Å². The minimum Gasteiger partial charge on any atom is -0.497 e. The smallest absolute Gasteiger partial charge is 0.244 e. The van der Waals surface area contributed by atoms with Gasteiger partial charge in [-0.1, -0.05) is 72.8 Å². The zero-order chi connectivity index (χ0) is 19.4. The van der Waals surface area contributed by atoms with Crippen LogP contribution in [-0.2, 0) is 10.2 Å². The Morgan fingerprint density at radius 3 is 2.25 bits per heavy atom. The lowest BCUT2D eigenvalue weighted by atomic mass is 9.85. The summed E-state index contributed by atoms with van der Waals surface area (Å²) in [4.78, 5) is 12.8. The van der Waals surface area contributed by atoms with Crippen LogP contribution in [0.4, 0.5) is 0 Å². The Morgan fingerprint density at radius 2 is 1.64 bits per heavy atom. The number of carbonyl (C=O) groups is 1. The van der Waals surface area contributed by atoms with Gasteiger partial charge in [-0.2, -0.15) is 5.10 Å². The third-order valence-corrected chi connectivity index (χ3v) is 5.34. The maximum absolute atomic E-state index is 12.8. The molecule has 1 unspecified atom stereocenters. The molecule has 1 fully saturated rings. The first-order chi connectivity index (χ1) is 13.7. The quantitative estimate of drug-likeness (QED) is 0.523. The monoisotopic (exact) mass is 370 g/mol. The van der Waals surface area contributed by atoms with Crippen LogP contribution >= 0.6 is 0 Å². The molecule has 3 aromatic carbocycles. The first-order valence-electron chi connectivity index (χ1n) is 9.32. The number of hydrogen-bond donors (Lipinski definition) is 1. The lowest BCUT2D eigenvalue weighted by molar-refractivity contribution is -0.122. The maximum atomic E-state index is 12.8. The van der Waals surface area contributed by atoms with E-state index in [1.807, 2.05) is 60.7 Å². The Morgan fingerprint density at radius 1 is 1.00 bits per heavy atom. The van der Waals surface area contributed by atoms with E-state index in [9.17, 15) is 4.79 Å². The summed E-state index contributed by atoms with van der Waals surface area (Å²) in [5.74, 6) is 0.552. The van der Waals surface area contributed by atoms with Crippen molar-refractivity contribution in [2.75, 3.05) is 7.11 Å². The average molecular weight is 370 g/mol. The van der Waals surface area contributed by atoms with E-state index < -0.39 is 0 Å². The van der Waals surface area contributed by atoms with Crippen molar-refractivity contribution in [2.24, 2.45) is 11.0 Å². The molecule has 0 bridgehead atoms. The van der Waals surface area contributed by atoms with E-state index in [4.69, 9.17) is 4.74 Å². The lowest BCUT2D eigenvalue weighted by Crippen LogP contribution is -2.25. The summed E-state index contributed by atoms with van der Waals surface area (Å²) in [6, 6.07) is 28.0. The number of methoxy groups -OCH3 is 1. The zero-order valence-electron chi connectivity index (χ0n) is 15.7. The van der Waals surface area contributed by atoms with Gasteiger partial charge in [-0.25, -0.2) is 5.43 Å². The van der Waals surface area contributed by atoms with Crippen molar-refractivity contribution in [1.29, 1.82) is 0 Å². The molecule has 4 nitrogen and oxygen atoms in total. The first-order valence-corrected chi connectivity index (χ1v) is 9.32. The molecule has 28 heavy (non-hydrogen) atoms. The second kappa shape index (κ2) is 7.69. The predicted octanol–water partition coefficient (Wildman–Crippen LogP) is 4.15. The third kappa shape index (κ3) is 3.41. The fourth-order valence-corrected chi connectivity index (χ4v) is 3.83. The van der Waals surface area contributed by atoms with Crippen molar-refractivity contribution < 1.29 is 9.53 Å². The van der Waals surface area contributed by atoms with Crippen molar-refractivity contribution in [2.45, 2.75) is 11.8 Å². The summed E-state index contributed by atoms with van der Waals surface area (Å²) in [6.45, 7) is 0. The molecule has 1 amide bonds. The van der Waals surface area contributed by atoms with E-state index in [1.165, 1.54) is 0 Å². The topological polar surface area (TPSA) is 50.7 Å².